The number of rotatable bonds is 13. The molecule has 0 aliphatic rings. The van der Waals surface area contributed by atoms with Crippen LogP contribution in [0.4, 0.5) is 0 Å². The molecule has 2 amide bonds. The molecular weight excluding hydrogens is 404 g/mol. The van der Waals surface area contributed by atoms with Gasteiger partial charge in [0.1, 0.15) is 0 Å². The molecule has 0 fully saturated rings. The highest BCUT2D eigenvalue weighted by Gasteiger charge is 2.59. The Balaban J connectivity index is 5.72. The predicted molar refractivity (Wildman–Crippen MR) is 92.4 cm³/mol. The SMILES string of the molecule is NC(=O)CCSSCC(C(N)=O)(S(=O)(=O)CCO)S(=O)(=O)CCO. The summed E-state index contributed by atoms with van der Waals surface area (Å²) in [7, 11) is -7.66. The summed E-state index contributed by atoms with van der Waals surface area (Å²) >= 11 is 0. The molecule has 0 saturated carbocycles. The van der Waals surface area contributed by atoms with Gasteiger partial charge in [0.25, 0.3) is 9.99 Å². The van der Waals surface area contributed by atoms with Crippen molar-refractivity contribution in [3.8, 4) is 0 Å². The molecule has 142 valence electrons. The van der Waals surface area contributed by atoms with Crippen LogP contribution in [0.25, 0.3) is 0 Å². The molecule has 0 aromatic rings. The number of carbonyl (C=O) groups excluding carboxylic acids is 2. The number of primary amides is 2. The number of nitrogens with two attached hydrogens (primary N) is 2. The molecular formula is C10H20N2O8S4. The molecule has 0 unspecified atom stereocenters. The van der Waals surface area contributed by atoms with E-state index in [0.29, 0.717) is 0 Å². The molecule has 0 aliphatic heterocycles. The van der Waals surface area contributed by atoms with Crippen LogP contribution >= 0.6 is 21.6 Å². The van der Waals surface area contributed by atoms with Crippen LogP contribution in [-0.2, 0) is 29.3 Å². The molecule has 14 heteroatoms. The highest BCUT2D eigenvalue weighted by molar-refractivity contribution is 8.76. The van der Waals surface area contributed by atoms with E-state index in [4.69, 9.17) is 21.7 Å². The number of carbonyl (C=O) groups is 2. The fraction of sp³-hybridized carbons (Fsp3) is 0.800. The van der Waals surface area contributed by atoms with Gasteiger partial charge in [0, 0.05) is 17.9 Å². The Hall–Kier alpha value is -0.540. The molecule has 0 rings (SSSR count). The van der Waals surface area contributed by atoms with E-state index in [9.17, 15) is 26.4 Å². The Morgan fingerprint density at radius 2 is 1.38 bits per heavy atom. The number of sulfone groups is 2. The Bertz CT molecular complexity index is 610. The average molecular weight is 425 g/mol. The van der Waals surface area contributed by atoms with Crippen molar-refractivity contribution in [2.24, 2.45) is 11.5 Å². The molecule has 24 heavy (non-hydrogen) atoms. The van der Waals surface area contributed by atoms with Crippen LogP contribution in [0.1, 0.15) is 6.42 Å². The number of hydrogen-bond acceptors (Lipinski definition) is 10. The van der Waals surface area contributed by atoms with Crippen molar-refractivity contribution in [1.82, 2.24) is 0 Å². The van der Waals surface area contributed by atoms with Gasteiger partial charge in [-0.1, -0.05) is 21.6 Å². The highest BCUT2D eigenvalue weighted by Crippen LogP contribution is 2.35. The third-order valence-electron chi connectivity index (χ3n) is 2.86. The van der Waals surface area contributed by atoms with Gasteiger partial charge < -0.3 is 21.7 Å². The normalized spacial score (nSPS) is 12.9. The first-order valence-corrected chi connectivity index (χ1v) is 12.3. The summed E-state index contributed by atoms with van der Waals surface area (Å²) < 4.78 is 46.5. The molecule has 0 aromatic heterocycles. The fourth-order valence-corrected chi connectivity index (χ4v) is 9.85. The Labute approximate surface area is 148 Å². The van der Waals surface area contributed by atoms with E-state index in [0.717, 1.165) is 21.6 Å². The van der Waals surface area contributed by atoms with Crippen molar-refractivity contribution in [3.05, 3.63) is 0 Å². The molecule has 0 spiro atoms. The zero-order chi connectivity index (χ0) is 19.0. The minimum atomic E-state index is -4.67. The third kappa shape index (κ3) is 5.49. The summed E-state index contributed by atoms with van der Waals surface area (Å²) in [4.78, 5) is 22.5. The van der Waals surface area contributed by atoms with Gasteiger partial charge in [0.15, 0.2) is 19.7 Å². The molecule has 0 bridgehead atoms. The molecule has 0 aromatic carbocycles. The molecule has 0 atom stereocenters. The molecule has 0 saturated heterocycles. The lowest BCUT2D eigenvalue weighted by atomic mass is 10.4. The van der Waals surface area contributed by atoms with Gasteiger partial charge in [-0.15, -0.1) is 0 Å². The minimum Gasteiger partial charge on any atom is -0.395 e. The number of aliphatic hydroxyl groups excluding tert-OH is 2. The maximum atomic E-state index is 12.4. The summed E-state index contributed by atoms with van der Waals surface area (Å²) in [5, 5.41) is 17.7. The topological polar surface area (TPSA) is 195 Å². The van der Waals surface area contributed by atoms with Crippen molar-refractivity contribution in [2.45, 2.75) is 10.5 Å². The first-order valence-electron chi connectivity index (χ1n) is 6.47. The van der Waals surface area contributed by atoms with Gasteiger partial charge in [0.05, 0.1) is 24.7 Å². The van der Waals surface area contributed by atoms with Crippen LogP contribution in [0.15, 0.2) is 0 Å². The van der Waals surface area contributed by atoms with Crippen LogP contribution in [-0.4, -0.2) is 79.2 Å². The van der Waals surface area contributed by atoms with E-state index >= 15 is 0 Å². The Kier molecular flexibility index (Phi) is 9.60. The second kappa shape index (κ2) is 9.82. The molecule has 6 N–H and O–H groups in total. The number of amides is 2. The zero-order valence-corrected chi connectivity index (χ0v) is 15.8. The van der Waals surface area contributed by atoms with Gasteiger partial charge in [-0.2, -0.15) is 0 Å². The largest absolute Gasteiger partial charge is 0.395 e. The second-order valence-corrected chi connectivity index (χ2v) is 12.0. The number of hydrogen-bond donors (Lipinski definition) is 4. The van der Waals surface area contributed by atoms with Crippen molar-refractivity contribution in [3.63, 3.8) is 0 Å². The highest BCUT2D eigenvalue weighted by atomic mass is 33.1. The Morgan fingerprint density at radius 1 is 0.917 bits per heavy atom. The van der Waals surface area contributed by atoms with Gasteiger partial charge in [-0.05, 0) is 0 Å². The van der Waals surface area contributed by atoms with Crippen LogP contribution in [0.2, 0.25) is 0 Å². The third-order valence-corrected chi connectivity index (χ3v) is 11.3. The smallest absolute Gasteiger partial charge is 0.259 e. The summed E-state index contributed by atoms with van der Waals surface area (Å²) in [6, 6.07) is 0. The molecule has 10 nitrogen and oxygen atoms in total. The lowest BCUT2D eigenvalue weighted by Gasteiger charge is -2.29. The van der Waals surface area contributed by atoms with Crippen LogP contribution < -0.4 is 11.5 Å². The van der Waals surface area contributed by atoms with E-state index in [1.807, 2.05) is 0 Å². The van der Waals surface area contributed by atoms with Gasteiger partial charge >= 0.3 is 0 Å². The number of aliphatic hydroxyl groups is 2. The van der Waals surface area contributed by atoms with Crippen LogP contribution in [0.5, 0.6) is 0 Å². The van der Waals surface area contributed by atoms with Gasteiger partial charge in [-0.3, -0.25) is 9.59 Å². The quantitative estimate of drug-likeness (QED) is 0.177. The maximum Gasteiger partial charge on any atom is 0.259 e. The lowest BCUT2D eigenvalue weighted by molar-refractivity contribution is -0.118. The summed E-state index contributed by atoms with van der Waals surface area (Å²) in [5.41, 5.74) is 10.1. The first kappa shape index (κ1) is 23.5. The Morgan fingerprint density at radius 3 is 1.71 bits per heavy atom. The summed E-state index contributed by atoms with van der Waals surface area (Å²) in [6.07, 6.45) is -0.0198. The molecule has 0 heterocycles. The van der Waals surface area contributed by atoms with Crippen molar-refractivity contribution in [1.29, 1.82) is 0 Å². The molecule has 0 aliphatic carbocycles. The second-order valence-electron chi connectivity index (χ2n) is 4.50. The van der Waals surface area contributed by atoms with Gasteiger partial charge in [-0.25, -0.2) is 16.8 Å². The first-order chi connectivity index (χ1) is 11.0. The summed E-state index contributed by atoms with van der Waals surface area (Å²) in [5.74, 6) is -4.72. The summed E-state index contributed by atoms with van der Waals surface area (Å²) in [6.45, 7) is -1.79. The van der Waals surface area contributed by atoms with Crippen LogP contribution in [0.3, 0.4) is 0 Å². The van der Waals surface area contributed by atoms with Crippen molar-refractivity contribution in [2.75, 3.05) is 36.2 Å². The predicted octanol–water partition coefficient (Wildman–Crippen LogP) is -2.76. The standard InChI is InChI=1S/C10H20N2O8S4/c11-8(15)1-4-21-22-7-10(9(12)16,23(17,18)5-2-13)24(19,20)6-3-14/h13-14H,1-7H2,(H2,11,15)(H2,12,16). The van der Waals surface area contributed by atoms with E-state index < -0.39 is 66.0 Å². The average Bonchev–Trinajstić information content (AvgIpc) is 2.41. The lowest BCUT2D eigenvalue weighted by Crippen LogP contribution is -2.60. The van der Waals surface area contributed by atoms with E-state index in [2.05, 4.69) is 0 Å². The zero-order valence-electron chi connectivity index (χ0n) is 12.6. The maximum absolute atomic E-state index is 12.4. The minimum absolute atomic E-state index is 0.0198. The van der Waals surface area contributed by atoms with E-state index in [-0.39, 0.29) is 12.2 Å². The van der Waals surface area contributed by atoms with Crippen molar-refractivity contribution >= 4 is 53.1 Å². The monoisotopic (exact) mass is 424 g/mol. The molecule has 0 radical (unpaired) electrons. The van der Waals surface area contributed by atoms with Crippen molar-refractivity contribution < 1.29 is 36.6 Å². The van der Waals surface area contributed by atoms with E-state index in [1.54, 1.807) is 0 Å². The van der Waals surface area contributed by atoms with Gasteiger partial charge in [0.2, 0.25) is 5.91 Å². The fourth-order valence-electron chi connectivity index (χ4n) is 1.64. The van der Waals surface area contributed by atoms with Crippen LogP contribution in [0, 0.1) is 0 Å². The van der Waals surface area contributed by atoms with E-state index in [1.165, 1.54) is 0 Å².